The SMILES string of the molecule is Cc1ccccc1N=C(Cl)c1ccccc1. The lowest BCUT2D eigenvalue weighted by Gasteiger charge is -2.01. The van der Waals surface area contributed by atoms with Gasteiger partial charge >= 0.3 is 0 Å². The Bertz CT molecular complexity index is 503. The van der Waals surface area contributed by atoms with E-state index in [1.807, 2.05) is 61.5 Å². The maximum Gasteiger partial charge on any atom is 0.136 e. The van der Waals surface area contributed by atoms with Crippen LogP contribution in [-0.2, 0) is 0 Å². The highest BCUT2D eigenvalue weighted by atomic mass is 35.5. The normalized spacial score (nSPS) is 11.5. The first-order chi connectivity index (χ1) is 7.77. The van der Waals surface area contributed by atoms with Crippen molar-refractivity contribution in [2.75, 3.05) is 0 Å². The van der Waals surface area contributed by atoms with E-state index in [2.05, 4.69) is 4.99 Å². The van der Waals surface area contributed by atoms with Crippen molar-refractivity contribution < 1.29 is 0 Å². The molecule has 80 valence electrons. The minimum Gasteiger partial charge on any atom is -0.236 e. The molecule has 0 saturated carbocycles. The Kier molecular flexibility index (Phi) is 3.37. The third-order valence-electron chi connectivity index (χ3n) is 2.35. The Morgan fingerprint density at radius 2 is 1.56 bits per heavy atom. The number of para-hydroxylation sites is 1. The van der Waals surface area contributed by atoms with Crippen LogP contribution in [0.5, 0.6) is 0 Å². The van der Waals surface area contributed by atoms with Gasteiger partial charge in [0.15, 0.2) is 0 Å². The van der Waals surface area contributed by atoms with Crippen LogP contribution in [-0.4, -0.2) is 5.17 Å². The Labute approximate surface area is 100 Å². The lowest BCUT2D eigenvalue weighted by molar-refractivity contribution is 1.40. The Morgan fingerprint density at radius 3 is 2.25 bits per heavy atom. The van der Waals surface area contributed by atoms with E-state index in [-0.39, 0.29) is 0 Å². The van der Waals surface area contributed by atoms with Gasteiger partial charge in [0.2, 0.25) is 0 Å². The molecule has 2 aromatic rings. The molecule has 0 fully saturated rings. The van der Waals surface area contributed by atoms with Crippen LogP contribution in [0, 0.1) is 6.92 Å². The highest BCUT2D eigenvalue weighted by Gasteiger charge is 2.00. The van der Waals surface area contributed by atoms with Gasteiger partial charge in [-0.3, -0.25) is 0 Å². The standard InChI is InChI=1S/C14H12ClN/c1-11-7-5-6-10-13(11)16-14(15)12-8-3-2-4-9-12/h2-10H,1H3. The highest BCUT2D eigenvalue weighted by Crippen LogP contribution is 2.19. The molecule has 0 unspecified atom stereocenters. The fourth-order valence-corrected chi connectivity index (χ4v) is 1.65. The van der Waals surface area contributed by atoms with Gasteiger partial charge in [0, 0.05) is 5.56 Å². The molecule has 0 N–H and O–H groups in total. The first-order valence-corrected chi connectivity index (χ1v) is 5.50. The number of aliphatic imine (C=N–C) groups is 1. The molecular weight excluding hydrogens is 218 g/mol. The molecule has 16 heavy (non-hydrogen) atoms. The smallest absolute Gasteiger partial charge is 0.136 e. The molecule has 0 atom stereocenters. The molecule has 2 aromatic carbocycles. The van der Waals surface area contributed by atoms with Gasteiger partial charge in [0.25, 0.3) is 0 Å². The molecule has 0 aliphatic rings. The zero-order valence-corrected chi connectivity index (χ0v) is 9.78. The van der Waals surface area contributed by atoms with Crippen molar-refractivity contribution in [2.24, 2.45) is 4.99 Å². The molecule has 0 radical (unpaired) electrons. The van der Waals surface area contributed by atoms with Crippen molar-refractivity contribution in [3.63, 3.8) is 0 Å². The van der Waals surface area contributed by atoms with Crippen LogP contribution in [0.25, 0.3) is 0 Å². The van der Waals surface area contributed by atoms with E-state index in [0.29, 0.717) is 5.17 Å². The van der Waals surface area contributed by atoms with E-state index >= 15 is 0 Å². The molecular formula is C14H12ClN. The number of aryl methyl sites for hydroxylation is 1. The van der Waals surface area contributed by atoms with E-state index in [0.717, 1.165) is 16.8 Å². The molecule has 0 saturated heterocycles. The summed E-state index contributed by atoms with van der Waals surface area (Å²) < 4.78 is 0. The monoisotopic (exact) mass is 229 g/mol. The van der Waals surface area contributed by atoms with E-state index in [1.165, 1.54) is 0 Å². The van der Waals surface area contributed by atoms with Gasteiger partial charge in [0.05, 0.1) is 5.69 Å². The number of rotatable bonds is 2. The maximum atomic E-state index is 6.16. The summed E-state index contributed by atoms with van der Waals surface area (Å²) >= 11 is 6.16. The molecule has 2 heteroatoms. The average molecular weight is 230 g/mol. The summed E-state index contributed by atoms with van der Waals surface area (Å²) in [6, 6.07) is 17.7. The van der Waals surface area contributed by atoms with Gasteiger partial charge in [-0.15, -0.1) is 0 Å². The van der Waals surface area contributed by atoms with Gasteiger partial charge in [-0.25, -0.2) is 4.99 Å². The second kappa shape index (κ2) is 4.95. The summed E-state index contributed by atoms with van der Waals surface area (Å²) in [7, 11) is 0. The van der Waals surface area contributed by atoms with Crippen molar-refractivity contribution in [1.29, 1.82) is 0 Å². The van der Waals surface area contributed by atoms with Crippen molar-refractivity contribution in [3.8, 4) is 0 Å². The van der Waals surface area contributed by atoms with Gasteiger partial charge in [-0.2, -0.15) is 0 Å². The zero-order chi connectivity index (χ0) is 11.4. The summed E-state index contributed by atoms with van der Waals surface area (Å²) in [5.74, 6) is 0. The van der Waals surface area contributed by atoms with Crippen molar-refractivity contribution >= 4 is 22.5 Å². The molecule has 2 rings (SSSR count). The lowest BCUT2D eigenvalue weighted by atomic mass is 10.2. The molecule has 1 nitrogen and oxygen atoms in total. The zero-order valence-electron chi connectivity index (χ0n) is 9.02. The molecule has 0 aliphatic carbocycles. The van der Waals surface area contributed by atoms with E-state index in [1.54, 1.807) is 0 Å². The van der Waals surface area contributed by atoms with Gasteiger partial charge in [-0.1, -0.05) is 60.1 Å². The van der Waals surface area contributed by atoms with Crippen molar-refractivity contribution in [1.82, 2.24) is 0 Å². The second-order valence-electron chi connectivity index (χ2n) is 3.56. The number of hydrogen-bond acceptors (Lipinski definition) is 1. The first-order valence-electron chi connectivity index (χ1n) is 5.12. The predicted molar refractivity (Wildman–Crippen MR) is 69.7 cm³/mol. The van der Waals surface area contributed by atoms with Crippen LogP contribution in [0.15, 0.2) is 59.6 Å². The van der Waals surface area contributed by atoms with Crippen LogP contribution >= 0.6 is 11.6 Å². The van der Waals surface area contributed by atoms with Gasteiger partial charge in [0.1, 0.15) is 5.17 Å². The summed E-state index contributed by atoms with van der Waals surface area (Å²) in [6.45, 7) is 2.02. The van der Waals surface area contributed by atoms with Gasteiger partial charge in [-0.05, 0) is 18.6 Å². The fourth-order valence-electron chi connectivity index (χ4n) is 1.43. The third-order valence-corrected chi connectivity index (χ3v) is 2.65. The number of benzene rings is 2. The summed E-state index contributed by atoms with van der Waals surface area (Å²) in [5.41, 5.74) is 2.97. The summed E-state index contributed by atoms with van der Waals surface area (Å²) in [6.07, 6.45) is 0. The minimum absolute atomic E-state index is 0.523. The van der Waals surface area contributed by atoms with E-state index in [4.69, 9.17) is 11.6 Å². The quantitative estimate of drug-likeness (QED) is 0.681. The molecule has 0 bridgehead atoms. The average Bonchev–Trinajstić information content (AvgIpc) is 2.33. The molecule has 0 amide bonds. The molecule has 0 aromatic heterocycles. The van der Waals surface area contributed by atoms with Crippen LogP contribution in [0.1, 0.15) is 11.1 Å². The summed E-state index contributed by atoms with van der Waals surface area (Å²) in [5, 5.41) is 0.523. The predicted octanol–water partition coefficient (Wildman–Crippen LogP) is 4.31. The van der Waals surface area contributed by atoms with Crippen molar-refractivity contribution in [3.05, 3.63) is 65.7 Å². The van der Waals surface area contributed by atoms with E-state index < -0.39 is 0 Å². The first kappa shape index (κ1) is 10.9. The van der Waals surface area contributed by atoms with Crippen LogP contribution in [0.2, 0.25) is 0 Å². The lowest BCUT2D eigenvalue weighted by Crippen LogP contribution is -1.89. The topological polar surface area (TPSA) is 12.4 Å². The Hall–Kier alpha value is -1.60. The Morgan fingerprint density at radius 1 is 0.938 bits per heavy atom. The van der Waals surface area contributed by atoms with Crippen LogP contribution in [0.3, 0.4) is 0 Å². The molecule has 0 spiro atoms. The Balaban J connectivity index is 2.36. The number of nitrogens with zero attached hydrogens (tertiary/aromatic N) is 1. The maximum absolute atomic E-state index is 6.16. The van der Waals surface area contributed by atoms with Crippen molar-refractivity contribution in [2.45, 2.75) is 6.92 Å². The highest BCUT2D eigenvalue weighted by molar-refractivity contribution is 6.69. The fraction of sp³-hybridized carbons (Fsp3) is 0.0714. The number of hydrogen-bond donors (Lipinski definition) is 0. The minimum atomic E-state index is 0.523. The van der Waals surface area contributed by atoms with Gasteiger partial charge < -0.3 is 0 Å². The third kappa shape index (κ3) is 2.50. The van der Waals surface area contributed by atoms with Crippen LogP contribution in [0.4, 0.5) is 5.69 Å². The van der Waals surface area contributed by atoms with E-state index in [9.17, 15) is 0 Å². The summed E-state index contributed by atoms with van der Waals surface area (Å²) in [4.78, 5) is 4.41. The largest absolute Gasteiger partial charge is 0.236 e. The van der Waals surface area contributed by atoms with Crippen LogP contribution < -0.4 is 0 Å². The molecule has 0 aliphatic heterocycles. The molecule has 0 heterocycles. The number of halogens is 1. The second-order valence-corrected chi connectivity index (χ2v) is 3.91.